The second-order valence-electron chi connectivity index (χ2n) is 6.04. The highest BCUT2D eigenvalue weighted by Gasteiger charge is 2.31. The summed E-state index contributed by atoms with van der Waals surface area (Å²) >= 11 is 0. The van der Waals surface area contributed by atoms with E-state index in [1.807, 2.05) is 30.3 Å². The van der Waals surface area contributed by atoms with E-state index in [2.05, 4.69) is 4.98 Å². The molecule has 0 saturated heterocycles. The molecule has 2 heterocycles. The van der Waals surface area contributed by atoms with Crippen molar-refractivity contribution in [3.63, 3.8) is 0 Å². The molecular weight excluding hydrogens is 292 g/mol. The third kappa shape index (κ3) is 2.52. The number of carbonyl (C=O) groups is 1. The van der Waals surface area contributed by atoms with Crippen LogP contribution in [0, 0.1) is 0 Å². The Balaban J connectivity index is 2.16. The summed E-state index contributed by atoms with van der Waals surface area (Å²) in [7, 11) is 0. The lowest BCUT2D eigenvalue weighted by Gasteiger charge is -2.20. The van der Waals surface area contributed by atoms with Crippen molar-refractivity contribution < 1.29 is 4.79 Å². The number of benzene rings is 1. The highest BCUT2D eigenvalue weighted by Crippen LogP contribution is 2.19. The van der Waals surface area contributed by atoms with Crippen molar-refractivity contribution in [1.82, 2.24) is 14.2 Å². The van der Waals surface area contributed by atoms with E-state index in [0.29, 0.717) is 12.2 Å². The quantitative estimate of drug-likeness (QED) is 0.788. The van der Waals surface area contributed by atoms with Crippen molar-refractivity contribution in [1.29, 1.82) is 0 Å². The molecule has 0 fully saturated rings. The summed E-state index contributed by atoms with van der Waals surface area (Å²) in [5.41, 5.74) is 5.97. The van der Waals surface area contributed by atoms with Gasteiger partial charge in [0.25, 0.3) is 5.56 Å². The first-order valence-corrected chi connectivity index (χ1v) is 7.33. The molecule has 0 radical (unpaired) electrons. The summed E-state index contributed by atoms with van der Waals surface area (Å²) in [6.07, 6.45) is 3.24. The lowest BCUT2D eigenvalue weighted by atomic mass is 9.86. The summed E-state index contributed by atoms with van der Waals surface area (Å²) in [5, 5.41) is 0. The summed E-state index contributed by atoms with van der Waals surface area (Å²) in [6.45, 7) is 3.79. The highest BCUT2D eigenvalue weighted by molar-refractivity contribution is 5.85. The Morgan fingerprint density at radius 1 is 1.22 bits per heavy atom. The zero-order chi connectivity index (χ0) is 16.6. The predicted octanol–water partition coefficient (Wildman–Crippen LogP) is 1.31. The van der Waals surface area contributed by atoms with Crippen LogP contribution in [0.3, 0.4) is 0 Å². The van der Waals surface area contributed by atoms with Crippen molar-refractivity contribution >= 4 is 11.6 Å². The molecule has 2 N–H and O–H groups in total. The number of carbonyl (C=O) groups excluding carboxylic acids is 1. The highest BCUT2D eigenvalue weighted by atomic mass is 16.2. The van der Waals surface area contributed by atoms with Gasteiger partial charge in [-0.2, -0.15) is 4.52 Å². The van der Waals surface area contributed by atoms with Crippen LogP contribution in [0.5, 0.6) is 0 Å². The molecule has 3 rings (SSSR count). The molecule has 6 heteroatoms. The molecule has 2 aromatic heterocycles. The average Bonchev–Trinajstić information content (AvgIpc) is 2.92. The normalized spacial score (nSPS) is 11.7. The first-order valence-electron chi connectivity index (χ1n) is 7.33. The number of nitrogens with zero attached hydrogens (tertiary/aromatic N) is 3. The van der Waals surface area contributed by atoms with Crippen LogP contribution in [0.25, 0.3) is 5.65 Å². The lowest BCUT2D eigenvalue weighted by Crippen LogP contribution is -2.41. The fourth-order valence-corrected chi connectivity index (χ4v) is 2.50. The largest absolute Gasteiger partial charge is 0.369 e. The number of hydrogen-bond acceptors (Lipinski definition) is 3. The smallest absolute Gasteiger partial charge is 0.277 e. The Labute approximate surface area is 133 Å². The first-order chi connectivity index (χ1) is 10.9. The minimum Gasteiger partial charge on any atom is -0.369 e. The van der Waals surface area contributed by atoms with Gasteiger partial charge in [0, 0.05) is 18.5 Å². The van der Waals surface area contributed by atoms with E-state index < -0.39 is 11.3 Å². The fraction of sp³-hybridized carbons (Fsp3) is 0.235. The Hall–Kier alpha value is -2.89. The van der Waals surface area contributed by atoms with Crippen LogP contribution >= 0.6 is 0 Å². The minimum absolute atomic E-state index is 0.278. The summed E-state index contributed by atoms with van der Waals surface area (Å²) in [6, 6.07) is 11.6. The van der Waals surface area contributed by atoms with Crippen LogP contribution in [0.4, 0.5) is 0 Å². The molecule has 1 aromatic carbocycles. The molecule has 1 amide bonds. The number of hydrogen-bond donors (Lipinski definition) is 1. The minimum atomic E-state index is -1.08. The van der Waals surface area contributed by atoms with Crippen LogP contribution in [0.2, 0.25) is 0 Å². The molecule has 118 valence electrons. The van der Waals surface area contributed by atoms with E-state index >= 15 is 0 Å². The Morgan fingerprint density at radius 2 is 1.91 bits per heavy atom. The van der Waals surface area contributed by atoms with Gasteiger partial charge in [0.05, 0.1) is 17.5 Å². The van der Waals surface area contributed by atoms with Gasteiger partial charge in [-0.05, 0) is 19.4 Å². The maximum atomic E-state index is 12.8. The van der Waals surface area contributed by atoms with Crippen LogP contribution in [0.15, 0.2) is 53.6 Å². The van der Waals surface area contributed by atoms with Crippen molar-refractivity contribution in [2.24, 2.45) is 5.73 Å². The van der Waals surface area contributed by atoms with Crippen LogP contribution in [0.1, 0.15) is 25.0 Å². The molecule has 0 aliphatic rings. The van der Waals surface area contributed by atoms with Crippen molar-refractivity contribution in [3.8, 4) is 0 Å². The number of amides is 1. The SMILES string of the molecule is CC(C)(C(N)=O)c1cnc2ccn(Cc3ccccc3)n2c1=O. The molecule has 6 nitrogen and oxygen atoms in total. The predicted molar refractivity (Wildman–Crippen MR) is 87.2 cm³/mol. The van der Waals surface area contributed by atoms with E-state index in [-0.39, 0.29) is 11.1 Å². The molecular formula is C17H18N4O2. The number of fused-ring (bicyclic) bond motifs is 1. The van der Waals surface area contributed by atoms with Gasteiger partial charge in [-0.1, -0.05) is 30.3 Å². The molecule has 0 saturated carbocycles. The van der Waals surface area contributed by atoms with E-state index in [4.69, 9.17) is 5.73 Å². The van der Waals surface area contributed by atoms with Crippen molar-refractivity contribution in [3.05, 3.63) is 70.3 Å². The van der Waals surface area contributed by atoms with Crippen molar-refractivity contribution in [2.75, 3.05) is 0 Å². The second kappa shape index (κ2) is 5.39. The van der Waals surface area contributed by atoms with Gasteiger partial charge in [-0.25, -0.2) is 4.98 Å². The fourth-order valence-electron chi connectivity index (χ4n) is 2.50. The third-order valence-electron chi connectivity index (χ3n) is 4.10. The summed E-state index contributed by atoms with van der Waals surface area (Å²) < 4.78 is 3.26. The molecule has 3 aromatic rings. The second-order valence-corrected chi connectivity index (χ2v) is 6.04. The Kier molecular flexibility index (Phi) is 3.52. The van der Waals surface area contributed by atoms with Gasteiger partial charge >= 0.3 is 0 Å². The maximum absolute atomic E-state index is 12.8. The zero-order valence-corrected chi connectivity index (χ0v) is 13.1. The van der Waals surface area contributed by atoms with E-state index in [0.717, 1.165) is 5.56 Å². The van der Waals surface area contributed by atoms with Gasteiger partial charge in [0.1, 0.15) is 0 Å². The molecule has 0 atom stereocenters. The standard InChI is InChI=1S/C17H18N4O2/c1-17(2,16(18)23)13-10-19-14-8-9-20(21(14)15(13)22)11-12-6-4-3-5-7-12/h3-10H,11H2,1-2H3,(H2,18,23). The number of nitrogens with two attached hydrogens (primary N) is 1. The van der Waals surface area contributed by atoms with Gasteiger partial charge in [0.15, 0.2) is 5.65 Å². The lowest BCUT2D eigenvalue weighted by molar-refractivity contribution is -0.122. The molecule has 0 bridgehead atoms. The van der Waals surface area contributed by atoms with Crippen LogP contribution in [-0.2, 0) is 16.8 Å². The van der Waals surface area contributed by atoms with Gasteiger partial charge in [0.2, 0.25) is 5.91 Å². The Bertz CT molecular complexity index is 923. The summed E-state index contributed by atoms with van der Waals surface area (Å²) in [4.78, 5) is 28.8. The van der Waals surface area contributed by atoms with Gasteiger partial charge in [-0.3, -0.25) is 14.3 Å². The zero-order valence-electron chi connectivity index (χ0n) is 13.1. The van der Waals surface area contributed by atoms with Crippen LogP contribution < -0.4 is 11.3 Å². The van der Waals surface area contributed by atoms with Gasteiger partial charge < -0.3 is 5.73 Å². The summed E-state index contributed by atoms with van der Waals surface area (Å²) in [5.74, 6) is -0.558. The number of aromatic nitrogens is 3. The van der Waals surface area contributed by atoms with E-state index in [9.17, 15) is 9.59 Å². The Morgan fingerprint density at radius 3 is 2.57 bits per heavy atom. The first kappa shape index (κ1) is 15.0. The molecule has 0 aliphatic carbocycles. The van der Waals surface area contributed by atoms with E-state index in [1.165, 1.54) is 10.7 Å². The molecule has 0 aliphatic heterocycles. The van der Waals surface area contributed by atoms with E-state index in [1.54, 1.807) is 30.8 Å². The topological polar surface area (TPSA) is 82.4 Å². The molecule has 23 heavy (non-hydrogen) atoms. The number of primary amides is 1. The third-order valence-corrected chi connectivity index (χ3v) is 4.10. The van der Waals surface area contributed by atoms with Gasteiger partial charge in [-0.15, -0.1) is 0 Å². The molecule has 0 spiro atoms. The monoisotopic (exact) mass is 310 g/mol. The average molecular weight is 310 g/mol. The van der Waals surface area contributed by atoms with Crippen molar-refractivity contribution in [2.45, 2.75) is 25.8 Å². The maximum Gasteiger partial charge on any atom is 0.277 e. The van der Waals surface area contributed by atoms with Crippen LogP contribution in [-0.4, -0.2) is 20.1 Å². The molecule has 0 unspecified atom stereocenters. The number of rotatable bonds is 4.